The Balaban J connectivity index is 3.48. The van der Waals surface area contributed by atoms with Crippen LogP contribution in [-0.2, 0) is 12.8 Å². The van der Waals surface area contributed by atoms with E-state index in [1.807, 2.05) is 0 Å². The zero-order valence-corrected chi connectivity index (χ0v) is 8.63. The van der Waals surface area contributed by atoms with Crippen molar-refractivity contribution >= 4 is 11.9 Å². The van der Waals surface area contributed by atoms with Crippen molar-refractivity contribution < 1.29 is 19.8 Å². The van der Waals surface area contributed by atoms with Gasteiger partial charge in [0, 0.05) is 11.4 Å². The molecular weight excluding hydrogens is 198 g/mol. The molecule has 1 aromatic rings. The molecule has 0 aliphatic carbocycles. The number of carboxylic acid groups (broad SMARTS) is 2. The summed E-state index contributed by atoms with van der Waals surface area (Å²) < 4.78 is 0. The topological polar surface area (TPSA) is 90.4 Å². The number of carboxylic acids is 2. The highest BCUT2D eigenvalue weighted by Crippen LogP contribution is 2.20. The van der Waals surface area contributed by atoms with Crippen molar-refractivity contribution in [1.82, 2.24) is 4.98 Å². The van der Waals surface area contributed by atoms with Crippen molar-refractivity contribution in [1.29, 1.82) is 0 Å². The molecule has 5 heteroatoms. The van der Waals surface area contributed by atoms with Crippen LogP contribution >= 0.6 is 0 Å². The number of aromatic amines is 1. The summed E-state index contributed by atoms with van der Waals surface area (Å²) in [5, 5.41) is 17.9. The minimum absolute atomic E-state index is 0.109. The average molecular weight is 211 g/mol. The SMILES string of the molecule is CCc1[nH]c(CC)c(C(=O)O)c1C(=O)O. The molecule has 1 heterocycles. The molecule has 82 valence electrons. The number of carbonyl (C=O) groups is 2. The molecule has 0 saturated heterocycles. The molecule has 5 nitrogen and oxygen atoms in total. The van der Waals surface area contributed by atoms with Crippen LogP contribution in [0.1, 0.15) is 46.0 Å². The lowest BCUT2D eigenvalue weighted by atomic mass is 10.1. The fraction of sp³-hybridized carbons (Fsp3) is 0.400. The summed E-state index contributed by atoms with van der Waals surface area (Å²) in [4.78, 5) is 24.8. The number of rotatable bonds is 4. The third-order valence-corrected chi connectivity index (χ3v) is 2.29. The van der Waals surface area contributed by atoms with Crippen LogP contribution in [0.2, 0.25) is 0 Å². The molecule has 3 N–H and O–H groups in total. The van der Waals surface area contributed by atoms with Crippen molar-refractivity contribution in [3.63, 3.8) is 0 Å². The van der Waals surface area contributed by atoms with Gasteiger partial charge in [-0.2, -0.15) is 0 Å². The summed E-state index contributed by atoms with van der Waals surface area (Å²) in [5.41, 5.74) is 0.720. The normalized spacial score (nSPS) is 10.3. The molecule has 1 aromatic heterocycles. The van der Waals surface area contributed by atoms with Gasteiger partial charge < -0.3 is 15.2 Å². The number of aromatic nitrogens is 1. The van der Waals surface area contributed by atoms with Crippen LogP contribution in [-0.4, -0.2) is 27.1 Å². The Kier molecular flexibility index (Phi) is 3.14. The van der Waals surface area contributed by atoms with Gasteiger partial charge in [0.15, 0.2) is 0 Å². The molecule has 1 rings (SSSR count). The van der Waals surface area contributed by atoms with Crippen LogP contribution < -0.4 is 0 Å². The van der Waals surface area contributed by atoms with E-state index in [0.29, 0.717) is 24.2 Å². The highest BCUT2D eigenvalue weighted by Gasteiger charge is 2.25. The zero-order valence-electron chi connectivity index (χ0n) is 8.63. The van der Waals surface area contributed by atoms with Gasteiger partial charge in [0.2, 0.25) is 0 Å². The molecule has 0 amide bonds. The predicted molar refractivity (Wildman–Crippen MR) is 53.5 cm³/mol. The number of nitrogens with one attached hydrogen (secondary N) is 1. The summed E-state index contributed by atoms with van der Waals surface area (Å²) in [6.45, 7) is 3.56. The van der Waals surface area contributed by atoms with Gasteiger partial charge in [-0.3, -0.25) is 0 Å². The monoisotopic (exact) mass is 211 g/mol. The summed E-state index contributed by atoms with van der Waals surface area (Å²) in [6.07, 6.45) is 0.948. The Hall–Kier alpha value is -1.78. The van der Waals surface area contributed by atoms with Gasteiger partial charge in [0.05, 0.1) is 11.1 Å². The third-order valence-electron chi connectivity index (χ3n) is 2.29. The Morgan fingerprint density at radius 3 is 1.53 bits per heavy atom. The maximum Gasteiger partial charge on any atom is 0.338 e. The predicted octanol–water partition coefficient (Wildman–Crippen LogP) is 1.54. The first-order valence-electron chi connectivity index (χ1n) is 4.73. The molecule has 0 radical (unpaired) electrons. The lowest BCUT2D eigenvalue weighted by molar-refractivity contribution is 0.0651. The zero-order chi connectivity index (χ0) is 11.6. The average Bonchev–Trinajstić information content (AvgIpc) is 2.55. The van der Waals surface area contributed by atoms with Gasteiger partial charge in [-0.25, -0.2) is 9.59 Å². The molecule has 0 spiro atoms. The fourth-order valence-corrected chi connectivity index (χ4v) is 1.61. The second kappa shape index (κ2) is 4.16. The number of hydrogen-bond donors (Lipinski definition) is 3. The van der Waals surface area contributed by atoms with Gasteiger partial charge >= 0.3 is 11.9 Å². The van der Waals surface area contributed by atoms with E-state index in [-0.39, 0.29) is 11.1 Å². The van der Waals surface area contributed by atoms with Crippen LogP contribution in [0.4, 0.5) is 0 Å². The Labute approximate surface area is 86.7 Å². The van der Waals surface area contributed by atoms with Crippen molar-refractivity contribution in [3.05, 3.63) is 22.5 Å². The molecular formula is C10H13NO4. The van der Waals surface area contributed by atoms with Gasteiger partial charge in [-0.05, 0) is 12.8 Å². The molecule has 0 aliphatic rings. The maximum atomic E-state index is 11.0. The highest BCUT2D eigenvalue weighted by molar-refractivity contribution is 6.03. The van der Waals surface area contributed by atoms with Crippen molar-refractivity contribution in [2.45, 2.75) is 26.7 Å². The van der Waals surface area contributed by atoms with Crippen LogP contribution in [0.15, 0.2) is 0 Å². The van der Waals surface area contributed by atoms with E-state index in [0.717, 1.165) is 0 Å². The molecule has 0 unspecified atom stereocenters. The Morgan fingerprint density at radius 1 is 1.00 bits per heavy atom. The van der Waals surface area contributed by atoms with Gasteiger partial charge in [-0.1, -0.05) is 13.8 Å². The Morgan fingerprint density at radius 2 is 1.33 bits per heavy atom. The smallest absolute Gasteiger partial charge is 0.338 e. The van der Waals surface area contributed by atoms with Crippen molar-refractivity contribution in [3.8, 4) is 0 Å². The Bertz CT molecular complexity index is 369. The molecule has 15 heavy (non-hydrogen) atoms. The standard InChI is InChI=1S/C10H13NO4/c1-3-5-7(9(12)13)8(10(14)15)6(4-2)11-5/h11H,3-4H2,1-2H3,(H,12,13)(H,14,15). The van der Waals surface area contributed by atoms with Crippen LogP contribution in [0.25, 0.3) is 0 Å². The molecule has 0 fully saturated rings. The van der Waals surface area contributed by atoms with Gasteiger partial charge in [0.1, 0.15) is 0 Å². The number of H-pyrrole nitrogens is 1. The molecule has 0 aromatic carbocycles. The molecule has 0 atom stereocenters. The lowest BCUT2D eigenvalue weighted by Gasteiger charge is -1.97. The van der Waals surface area contributed by atoms with Crippen LogP contribution in [0, 0.1) is 0 Å². The fourth-order valence-electron chi connectivity index (χ4n) is 1.61. The third kappa shape index (κ3) is 1.86. The number of hydrogen-bond acceptors (Lipinski definition) is 2. The summed E-state index contributed by atoms with van der Waals surface area (Å²) in [5.74, 6) is -2.39. The summed E-state index contributed by atoms with van der Waals surface area (Å²) in [7, 11) is 0. The molecule has 0 aliphatic heterocycles. The summed E-state index contributed by atoms with van der Waals surface area (Å²) >= 11 is 0. The molecule has 0 bridgehead atoms. The van der Waals surface area contributed by atoms with Crippen molar-refractivity contribution in [2.75, 3.05) is 0 Å². The number of aryl methyl sites for hydroxylation is 2. The van der Waals surface area contributed by atoms with E-state index in [1.54, 1.807) is 13.8 Å². The quantitative estimate of drug-likeness (QED) is 0.704. The first kappa shape index (κ1) is 11.3. The van der Waals surface area contributed by atoms with E-state index >= 15 is 0 Å². The van der Waals surface area contributed by atoms with Crippen LogP contribution in [0.5, 0.6) is 0 Å². The highest BCUT2D eigenvalue weighted by atomic mass is 16.4. The molecule has 0 saturated carbocycles. The maximum absolute atomic E-state index is 11.0. The van der Waals surface area contributed by atoms with E-state index in [2.05, 4.69) is 4.98 Å². The number of aromatic carboxylic acids is 2. The van der Waals surface area contributed by atoms with E-state index in [4.69, 9.17) is 10.2 Å². The van der Waals surface area contributed by atoms with E-state index in [1.165, 1.54) is 0 Å². The summed E-state index contributed by atoms with van der Waals surface area (Å²) in [6, 6.07) is 0. The van der Waals surface area contributed by atoms with E-state index < -0.39 is 11.9 Å². The first-order chi connectivity index (χ1) is 7.02. The minimum atomic E-state index is -1.19. The first-order valence-corrected chi connectivity index (χ1v) is 4.73. The minimum Gasteiger partial charge on any atom is -0.478 e. The van der Waals surface area contributed by atoms with Crippen molar-refractivity contribution in [2.24, 2.45) is 0 Å². The van der Waals surface area contributed by atoms with Gasteiger partial charge in [-0.15, -0.1) is 0 Å². The second-order valence-corrected chi connectivity index (χ2v) is 3.15. The van der Waals surface area contributed by atoms with Gasteiger partial charge in [0.25, 0.3) is 0 Å². The van der Waals surface area contributed by atoms with E-state index in [9.17, 15) is 9.59 Å². The lowest BCUT2D eigenvalue weighted by Crippen LogP contribution is -2.08. The second-order valence-electron chi connectivity index (χ2n) is 3.15. The van der Waals surface area contributed by atoms with Crippen LogP contribution in [0.3, 0.4) is 0 Å². The largest absolute Gasteiger partial charge is 0.478 e.